The molecule has 0 saturated heterocycles. The number of fused-ring (bicyclic) bond motifs is 1. The van der Waals surface area contributed by atoms with Gasteiger partial charge in [0, 0.05) is 23.3 Å². The van der Waals surface area contributed by atoms with Crippen molar-refractivity contribution in [3.8, 4) is 33.4 Å². The van der Waals surface area contributed by atoms with Crippen molar-refractivity contribution >= 4 is 34.3 Å². The van der Waals surface area contributed by atoms with E-state index >= 15 is 0 Å². The number of aromatic nitrogens is 1. The molecule has 0 spiro atoms. The van der Waals surface area contributed by atoms with Crippen LogP contribution in [0, 0.1) is 0 Å². The van der Waals surface area contributed by atoms with Crippen LogP contribution >= 0.6 is 0 Å². The highest BCUT2D eigenvalue weighted by atomic mass is 14.8. The molecule has 0 saturated carbocycles. The number of aliphatic imine (C=N–C) groups is 1. The smallest absolute Gasteiger partial charge is 0.0780 e. The third-order valence-corrected chi connectivity index (χ3v) is 8.97. The third kappa shape index (κ3) is 7.61. The van der Waals surface area contributed by atoms with Gasteiger partial charge in [-0.25, -0.2) is 4.99 Å². The first-order valence-corrected chi connectivity index (χ1v) is 17.2. The van der Waals surface area contributed by atoms with E-state index < -0.39 is 0 Å². The summed E-state index contributed by atoms with van der Waals surface area (Å²) < 4.78 is 0. The largest absolute Gasteiger partial charge is 0.264 e. The zero-order valence-electron chi connectivity index (χ0n) is 29.6. The van der Waals surface area contributed by atoms with Crippen molar-refractivity contribution in [2.45, 2.75) is 20.8 Å². The second-order valence-corrected chi connectivity index (χ2v) is 12.6. The monoisotopic (exact) mass is 658 g/mol. The number of hydrogen-bond donors (Lipinski definition) is 0. The van der Waals surface area contributed by atoms with E-state index in [9.17, 15) is 0 Å². The molecule has 0 atom stereocenters. The van der Waals surface area contributed by atoms with Crippen molar-refractivity contribution in [2.24, 2.45) is 4.99 Å². The molecule has 0 aliphatic carbocycles. The average Bonchev–Trinajstić information content (AvgIpc) is 3.17. The predicted molar refractivity (Wildman–Crippen MR) is 223 cm³/mol. The molecule has 0 aliphatic rings. The Morgan fingerprint density at radius 3 is 2.12 bits per heavy atom. The summed E-state index contributed by atoms with van der Waals surface area (Å²) in [5.41, 5.74) is 14.9. The van der Waals surface area contributed by atoms with Crippen molar-refractivity contribution in [1.29, 1.82) is 0 Å². The summed E-state index contributed by atoms with van der Waals surface area (Å²) in [5, 5.41) is 2.28. The SMILES string of the molecule is C=C/C=C\C(C(=NC(=C)c1ccc(-c2cc(-c3cccc(C=C)c3/C=C\C)cc(-c3cccc4cnccc34)c2)cc1)c1ccccc1)=C(C)C. The van der Waals surface area contributed by atoms with Crippen LogP contribution in [0.5, 0.6) is 0 Å². The van der Waals surface area contributed by atoms with Crippen LogP contribution in [-0.2, 0) is 0 Å². The Balaban J connectivity index is 1.47. The van der Waals surface area contributed by atoms with Gasteiger partial charge in [0.05, 0.1) is 11.4 Å². The highest BCUT2D eigenvalue weighted by molar-refractivity contribution is 6.16. The lowest BCUT2D eigenvalue weighted by molar-refractivity contribution is 1.35. The van der Waals surface area contributed by atoms with Crippen molar-refractivity contribution in [3.05, 3.63) is 205 Å². The Morgan fingerprint density at radius 2 is 1.41 bits per heavy atom. The molecule has 248 valence electrons. The van der Waals surface area contributed by atoms with Gasteiger partial charge in [-0.1, -0.05) is 153 Å². The van der Waals surface area contributed by atoms with Crippen molar-refractivity contribution < 1.29 is 0 Å². The lowest BCUT2D eigenvalue weighted by Gasteiger charge is -2.16. The molecule has 1 aromatic heterocycles. The molecular formula is C49H42N2. The van der Waals surface area contributed by atoms with Gasteiger partial charge in [-0.2, -0.15) is 0 Å². The van der Waals surface area contributed by atoms with Crippen LogP contribution in [0.3, 0.4) is 0 Å². The summed E-state index contributed by atoms with van der Waals surface area (Å²) in [4.78, 5) is 9.51. The summed E-state index contributed by atoms with van der Waals surface area (Å²) in [6.07, 6.45) is 15.8. The fourth-order valence-electron chi connectivity index (χ4n) is 6.42. The fraction of sp³-hybridized carbons (Fsp3) is 0.0612. The van der Waals surface area contributed by atoms with Crippen LogP contribution in [0.25, 0.3) is 62.0 Å². The standard InChI is InChI=1S/C49H42N2/c1-7-10-21-44(34(4)5)49(39-17-12-11-13-18-39)51-35(6)37-24-26-38(27-25-37)41-30-42(46-22-14-19-36(9-3)45(46)16-8-2)32-43(31-41)47-23-15-20-40-33-50-29-28-48(40)47/h7-33H,1,3,6H2,2,4-5H3/b16-8-,21-10-,51-49?. The first kappa shape index (κ1) is 34.5. The zero-order valence-corrected chi connectivity index (χ0v) is 29.6. The molecule has 0 amide bonds. The summed E-state index contributed by atoms with van der Waals surface area (Å²) in [6, 6.07) is 40.6. The molecule has 51 heavy (non-hydrogen) atoms. The molecule has 0 fully saturated rings. The van der Waals surface area contributed by atoms with Crippen molar-refractivity contribution in [2.75, 3.05) is 0 Å². The Kier molecular flexibility index (Phi) is 10.7. The molecule has 0 unspecified atom stereocenters. The third-order valence-electron chi connectivity index (χ3n) is 8.97. The number of nitrogens with zero attached hydrogens (tertiary/aromatic N) is 2. The van der Waals surface area contributed by atoms with E-state index in [-0.39, 0.29) is 0 Å². The molecule has 2 nitrogen and oxygen atoms in total. The van der Waals surface area contributed by atoms with Gasteiger partial charge in [-0.3, -0.25) is 4.98 Å². The lowest BCUT2D eigenvalue weighted by Crippen LogP contribution is -2.06. The zero-order chi connectivity index (χ0) is 35.7. The Hall–Kier alpha value is -6.38. The van der Waals surface area contributed by atoms with Crippen LogP contribution in [0.2, 0.25) is 0 Å². The molecule has 6 rings (SSSR count). The fourth-order valence-corrected chi connectivity index (χ4v) is 6.42. The van der Waals surface area contributed by atoms with Crippen LogP contribution in [0.4, 0.5) is 0 Å². The van der Waals surface area contributed by atoms with Gasteiger partial charge in [0.15, 0.2) is 0 Å². The van der Waals surface area contributed by atoms with Crippen LogP contribution in [0.1, 0.15) is 43.0 Å². The Bertz CT molecular complexity index is 2350. The van der Waals surface area contributed by atoms with Crippen LogP contribution < -0.4 is 0 Å². The lowest BCUT2D eigenvalue weighted by atomic mass is 9.88. The summed E-state index contributed by atoms with van der Waals surface area (Å²) in [7, 11) is 0. The summed E-state index contributed by atoms with van der Waals surface area (Å²) >= 11 is 0. The first-order chi connectivity index (χ1) is 24.9. The predicted octanol–water partition coefficient (Wildman–Crippen LogP) is 13.5. The normalized spacial score (nSPS) is 11.6. The van der Waals surface area contributed by atoms with E-state index in [1.165, 1.54) is 10.9 Å². The van der Waals surface area contributed by atoms with Gasteiger partial charge >= 0.3 is 0 Å². The van der Waals surface area contributed by atoms with Crippen molar-refractivity contribution in [3.63, 3.8) is 0 Å². The maximum Gasteiger partial charge on any atom is 0.0780 e. The van der Waals surface area contributed by atoms with Gasteiger partial charge in [-0.15, -0.1) is 0 Å². The Morgan fingerprint density at radius 1 is 0.706 bits per heavy atom. The van der Waals surface area contributed by atoms with Crippen molar-refractivity contribution in [1.82, 2.24) is 4.98 Å². The molecule has 0 N–H and O–H groups in total. The van der Waals surface area contributed by atoms with E-state index in [2.05, 4.69) is 161 Å². The van der Waals surface area contributed by atoms with Gasteiger partial charge in [0.1, 0.15) is 0 Å². The average molecular weight is 659 g/mol. The summed E-state index contributed by atoms with van der Waals surface area (Å²) in [5.74, 6) is 0. The number of pyridine rings is 1. The molecule has 2 heteroatoms. The van der Waals surface area contributed by atoms with Gasteiger partial charge in [0.25, 0.3) is 0 Å². The topological polar surface area (TPSA) is 25.2 Å². The van der Waals surface area contributed by atoms with E-state index in [0.29, 0.717) is 5.70 Å². The number of hydrogen-bond acceptors (Lipinski definition) is 2. The maximum atomic E-state index is 5.13. The van der Waals surface area contributed by atoms with Crippen LogP contribution in [-0.4, -0.2) is 10.7 Å². The van der Waals surface area contributed by atoms with Gasteiger partial charge < -0.3 is 0 Å². The molecule has 6 aromatic rings. The molecule has 0 radical (unpaired) electrons. The molecular weight excluding hydrogens is 617 g/mol. The number of benzene rings is 5. The summed E-state index contributed by atoms with van der Waals surface area (Å²) in [6.45, 7) is 18.6. The molecule has 0 aliphatic heterocycles. The minimum Gasteiger partial charge on any atom is -0.264 e. The first-order valence-electron chi connectivity index (χ1n) is 17.2. The van der Waals surface area contributed by atoms with E-state index in [1.807, 2.05) is 42.7 Å². The molecule has 1 heterocycles. The van der Waals surface area contributed by atoms with E-state index in [4.69, 9.17) is 4.99 Å². The Labute approximate surface area is 302 Å². The quantitative estimate of drug-likeness (QED) is 0.100. The van der Waals surface area contributed by atoms with Crippen LogP contribution in [0.15, 0.2) is 188 Å². The van der Waals surface area contributed by atoms with Gasteiger partial charge in [-0.05, 0) is 106 Å². The minimum atomic E-state index is 0.696. The minimum absolute atomic E-state index is 0.696. The van der Waals surface area contributed by atoms with Gasteiger partial charge in [0.2, 0.25) is 0 Å². The second kappa shape index (κ2) is 15.9. The highest BCUT2D eigenvalue weighted by Crippen LogP contribution is 2.38. The number of rotatable bonds is 11. The van der Waals surface area contributed by atoms with E-state index in [1.54, 1.807) is 6.08 Å². The second-order valence-electron chi connectivity index (χ2n) is 12.6. The highest BCUT2D eigenvalue weighted by Gasteiger charge is 2.14. The molecule has 5 aromatic carbocycles. The van der Waals surface area contributed by atoms with E-state index in [0.717, 1.165) is 72.3 Å². The maximum absolute atomic E-state index is 5.13. The molecule has 0 bridgehead atoms. The number of allylic oxidation sites excluding steroid dienone is 6.